The van der Waals surface area contributed by atoms with E-state index < -0.39 is 10.7 Å². The Bertz CT molecular complexity index is 444. The summed E-state index contributed by atoms with van der Waals surface area (Å²) >= 11 is 0. The molecule has 4 nitrogen and oxygen atoms in total. The number of nitrogens with one attached hydrogen (secondary N) is 1. The summed E-state index contributed by atoms with van der Waals surface area (Å²) in [5, 5.41) is 13.5. The van der Waals surface area contributed by atoms with Crippen LogP contribution in [0.3, 0.4) is 0 Å². The number of nitrogens with zero attached hydrogens (tertiary/aromatic N) is 1. The number of nitro groups is 1. The third kappa shape index (κ3) is 2.25. The van der Waals surface area contributed by atoms with E-state index >= 15 is 0 Å². The third-order valence-electron chi connectivity index (χ3n) is 1.99. The van der Waals surface area contributed by atoms with Crippen molar-refractivity contribution in [3.8, 4) is 0 Å². The zero-order valence-corrected chi connectivity index (χ0v) is 8.57. The molecule has 0 fully saturated rings. The molecule has 5 heteroatoms. The maximum Gasteiger partial charge on any atom is 0.293 e. The SMILES string of the molecule is C=CCNc1c([N+](=O)[O-])ccc(F)c1C=C. The Hall–Kier alpha value is -2.17. The van der Waals surface area contributed by atoms with E-state index in [0.29, 0.717) is 6.54 Å². The molecule has 1 aromatic carbocycles. The maximum absolute atomic E-state index is 13.4. The first kappa shape index (κ1) is 11.9. The molecule has 0 atom stereocenters. The summed E-state index contributed by atoms with van der Waals surface area (Å²) in [7, 11) is 0. The molecule has 0 spiro atoms. The van der Waals surface area contributed by atoms with E-state index in [1.54, 1.807) is 0 Å². The molecule has 16 heavy (non-hydrogen) atoms. The smallest absolute Gasteiger partial charge is 0.293 e. The van der Waals surface area contributed by atoms with Gasteiger partial charge in [0.2, 0.25) is 0 Å². The maximum atomic E-state index is 13.4. The van der Waals surface area contributed by atoms with E-state index in [2.05, 4.69) is 18.5 Å². The highest BCUT2D eigenvalue weighted by Crippen LogP contribution is 2.30. The van der Waals surface area contributed by atoms with Gasteiger partial charge in [0.1, 0.15) is 11.5 Å². The van der Waals surface area contributed by atoms with Crippen LogP contribution in [0.4, 0.5) is 15.8 Å². The van der Waals surface area contributed by atoms with Crippen molar-refractivity contribution in [3.63, 3.8) is 0 Å². The molecule has 0 aliphatic carbocycles. The van der Waals surface area contributed by atoms with E-state index in [9.17, 15) is 14.5 Å². The van der Waals surface area contributed by atoms with Crippen LogP contribution in [-0.4, -0.2) is 11.5 Å². The molecule has 0 aliphatic rings. The Kier molecular flexibility index (Phi) is 3.77. The van der Waals surface area contributed by atoms with E-state index in [0.717, 1.165) is 12.1 Å². The Morgan fingerprint density at radius 1 is 1.50 bits per heavy atom. The molecular formula is C11H11FN2O2. The van der Waals surface area contributed by atoms with Crippen LogP contribution in [0.5, 0.6) is 0 Å². The van der Waals surface area contributed by atoms with Crippen molar-refractivity contribution in [2.75, 3.05) is 11.9 Å². The first-order valence-corrected chi connectivity index (χ1v) is 4.56. The van der Waals surface area contributed by atoms with Gasteiger partial charge in [-0.2, -0.15) is 0 Å². The summed E-state index contributed by atoms with van der Waals surface area (Å²) in [6, 6.07) is 2.17. The Labute approximate surface area is 92.2 Å². The lowest BCUT2D eigenvalue weighted by molar-refractivity contribution is -0.384. The Morgan fingerprint density at radius 3 is 2.69 bits per heavy atom. The third-order valence-corrected chi connectivity index (χ3v) is 1.99. The summed E-state index contributed by atoms with van der Waals surface area (Å²) in [6.45, 7) is 7.22. The van der Waals surface area contributed by atoms with Crippen LogP contribution >= 0.6 is 0 Å². The Balaban J connectivity index is 3.34. The monoisotopic (exact) mass is 222 g/mol. The van der Waals surface area contributed by atoms with Gasteiger partial charge in [-0.25, -0.2) is 4.39 Å². The first-order chi connectivity index (χ1) is 7.61. The second-order valence-corrected chi connectivity index (χ2v) is 2.99. The normalized spacial score (nSPS) is 9.56. The molecule has 0 aromatic heterocycles. The van der Waals surface area contributed by atoms with Crippen molar-refractivity contribution in [2.24, 2.45) is 0 Å². The summed E-state index contributed by atoms with van der Waals surface area (Å²) in [5.41, 5.74) is 0.0362. The van der Waals surface area contributed by atoms with Crippen LogP contribution in [0.15, 0.2) is 31.4 Å². The molecule has 1 aromatic rings. The predicted molar refractivity (Wildman–Crippen MR) is 61.8 cm³/mol. The minimum atomic E-state index is -0.572. The largest absolute Gasteiger partial charge is 0.375 e. The van der Waals surface area contributed by atoms with Crippen molar-refractivity contribution >= 4 is 17.5 Å². The van der Waals surface area contributed by atoms with Crippen molar-refractivity contribution in [1.82, 2.24) is 0 Å². The molecule has 0 saturated heterocycles. The summed E-state index contributed by atoms with van der Waals surface area (Å²) in [4.78, 5) is 10.2. The number of halogens is 1. The second-order valence-electron chi connectivity index (χ2n) is 2.99. The lowest BCUT2D eigenvalue weighted by Crippen LogP contribution is -2.05. The van der Waals surface area contributed by atoms with Gasteiger partial charge in [-0.3, -0.25) is 10.1 Å². The molecule has 0 amide bonds. The molecular weight excluding hydrogens is 211 g/mol. The van der Waals surface area contributed by atoms with Crippen molar-refractivity contribution in [2.45, 2.75) is 0 Å². The van der Waals surface area contributed by atoms with Crippen LogP contribution < -0.4 is 5.32 Å². The molecule has 84 valence electrons. The minimum Gasteiger partial charge on any atom is -0.375 e. The van der Waals surface area contributed by atoms with E-state index in [1.807, 2.05) is 0 Å². The quantitative estimate of drug-likeness (QED) is 0.473. The fraction of sp³-hybridized carbons (Fsp3) is 0.0909. The van der Waals surface area contributed by atoms with Gasteiger partial charge in [0.25, 0.3) is 5.69 Å². The molecule has 0 heterocycles. The van der Waals surface area contributed by atoms with Crippen molar-refractivity contribution < 1.29 is 9.31 Å². The van der Waals surface area contributed by atoms with Gasteiger partial charge in [0.05, 0.1) is 4.92 Å². The number of rotatable bonds is 5. The second kappa shape index (κ2) is 5.06. The summed E-state index contributed by atoms with van der Waals surface area (Å²) in [6.07, 6.45) is 2.77. The van der Waals surface area contributed by atoms with Gasteiger partial charge >= 0.3 is 0 Å². The first-order valence-electron chi connectivity index (χ1n) is 4.56. The number of anilines is 1. The zero-order chi connectivity index (χ0) is 12.1. The van der Waals surface area contributed by atoms with Crippen LogP contribution in [0.2, 0.25) is 0 Å². The highest BCUT2D eigenvalue weighted by Gasteiger charge is 2.18. The highest BCUT2D eigenvalue weighted by molar-refractivity contribution is 5.75. The molecule has 0 aliphatic heterocycles. The highest BCUT2D eigenvalue weighted by atomic mass is 19.1. The van der Waals surface area contributed by atoms with Gasteiger partial charge in [-0.1, -0.05) is 18.7 Å². The van der Waals surface area contributed by atoms with Crippen molar-refractivity contribution in [3.05, 3.63) is 52.9 Å². The fourth-order valence-corrected chi connectivity index (χ4v) is 1.29. The molecule has 1 N–H and O–H groups in total. The van der Waals surface area contributed by atoms with E-state index in [1.165, 1.54) is 12.2 Å². The molecule has 0 saturated carbocycles. The zero-order valence-electron chi connectivity index (χ0n) is 8.57. The van der Waals surface area contributed by atoms with Crippen LogP contribution in [0.1, 0.15) is 5.56 Å². The topological polar surface area (TPSA) is 55.2 Å². The van der Waals surface area contributed by atoms with Gasteiger partial charge < -0.3 is 5.32 Å². The van der Waals surface area contributed by atoms with E-state index in [-0.39, 0.29) is 16.9 Å². The Morgan fingerprint density at radius 2 is 2.19 bits per heavy atom. The van der Waals surface area contributed by atoms with Gasteiger partial charge in [-0.15, -0.1) is 6.58 Å². The van der Waals surface area contributed by atoms with Gasteiger partial charge in [0.15, 0.2) is 0 Å². The molecule has 0 radical (unpaired) electrons. The summed E-state index contributed by atoms with van der Waals surface area (Å²) < 4.78 is 13.4. The van der Waals surface area contributed by atoms with Crippen molar-refractivity contribution in [1.29, 1.82) is 0 Å². The molecule has 0 bridgehead atoms. The standard InChI is InChI=1S/C11H11FN2O2/c1-3-7-13-11-8(4-2)9(12)5-6-10(11)14(15)16/h3-6,13H,1-2,7H2. The molecule has 0 unspecified atom stereocenters. The van der Waals surface area contributed by atoms with Crippen LogP contribution in [0.25, 0.3) is 6.08 Å². The van der Waals surface area contributed by atoms with Gasteiger partial charge in [0, 0.05) is 18.2 Å². The predicted octanol–water partition coefficient (Wildman–Crippen LogP) is 2.97. The van der Waals surface area contributed by atoms with Gasteiger partial charge in [-0.05, 0) is 6.07 Å². The van der Waals surface area contributed by atoms with Crippen LogP contribution in [0, 0.1) is 15.9 Å². The average Bonchev–Trinajstić information content (AvgIpc) is 2.25. The summed E-state index contributed by atoms with van der Waals surface area (Å²) in [5.74, 6) is -0.549. The van der Waals surface area contributed by atoms with Crippen LogP contribution in [-0.2, 0) is 0 Å². The number of hydrogen-bond donors (Lipinski definition) is 1. The minimum absolute atomic E-state index is 0.0936. The fourth-order valence-electron chi connectivity index (χ4n) is 1.29. The number of hydrogen-bond acceptors (Lipinski definition) is 3. The lowest BCUT2D eigenvalue weighted by atomic mass is 10.1. The molecule has 1 rings (SSSR count). The number of nitro benzene ring substituents is 1. The van der Waals surface area contributed by atoms with E-state index in [4.69, 9.17) is 0 Å². The average molecular weight is 222 g/mol. The number of benzene rings is 1. The lowest BCUT2D eigenvalue weighted by Gasteiger charge is -2.09.